The Balaban J connectivity index is 1.22. The molecule has 12 rings (SSSR count). The first-order valence-electron chi connectivity index (χ1n) is 24.3. The molecule has 1 atom stereocenters. The van der Waals surface area contributed by atoms with E-state index < -0.39 is 0 Å². The van der Waals surface area contributed by atoms with Crippen molar-refractivity contribution in [1.82, 2.24) is 0 Å². The Labute approximate surface area is 411 Å². The van der Waals surface area contributed by atoms with Gasteiger partial charge >= 0.3 is 0 Å². The van der Waals surface area contributed by atoms with Crippen molar-refractivity contribution in [1.29, 1.82) is 0 Å². The molecule has 0 saturated carbocycles. The smallest absolute Gasteiger partial charge is 0.0805 e. The SMILES string of the molecule is Cc1ccc(N(C2=CC(N(c3ccccc3)c3ccccc3)c3ccc4c(N(c5ccccc5)c5ccc(C)cc5)cc(N(c5ccccc5)c5ccccc5)c5c4c3C2=CC5)c2ccccc2)cc1. The number of rotatable bonds is 12. The van der Waals surface area contributed by atoms with E-state index >= 15 is 0 Å². The van der Waals surface area contributed by atoms with Crippen molar-refractivity contribution in [2.75, 3.05) is 19.6 Å². The summed E-state index contributed by atoms with van der Waals surface area (Å²) in [6.45, 7) is 4.32. The maximum atomic E-state index is 2.52. The van der Waals surface area contributed by atoms with Crippen LogP contribution in [0.25, 0.3) is 16.3 Å². The average Bonchev–Trinajstić information content (AvgIpc) is 3.42. The van der Waals surface area contributed by atoms with Crippen LogP contribution in [0.4, 0.5) is 56.9 Å². The molecule has 4 heteroatoms. The van der Waals surface area contributed by atoms with E-state index in [2.05, 4.69) is 294 Å². The third kappa shape index (κ3) is 7.70. The van der Waals surface area contributed by atoms with Crippen molar-refractivity contribution in [3.05, 3.63) is 294 Å². The van der Waals surface area contributed by atoms with Crippen molar-refractivity contribution >= 4 is 73.2 Å². The van der Waals surface area contributed by atoms with E-state index in [4.69, 9.17) is 0 Å². The van der Waals surface area contributed by atoms with Gasteiger partial charge in [-0.1, -0.05) is 163 Å². The van der Waals surface area contributed by atoms with Gasteiger partial charge in [-0.3, -0.25) is 0 Å². The van der Waals surface area contributed by atoms with Crippen LogP contribution < -0.4 is 19.6 Å². The van der Waals surface area contributed by atoms with Crippen LogP contribution in [-0.2, 0) is 6.42 Å². The summed E-state index contributed by atoms with van der Waals surface area (Å²) in [6, 6.07) is 90.3. The second kappa shape index (κ2) is 18.3. The summed E-state index contributed by atoms with van der Waals surface area (Å²) in [7, 11) is 0. The van der Waals surface area contributed by atoms with Gasteiger partial charge in [0.1, 0.15) is 0 Å². The average molecular weight is 901 g/mol. The quantitative estimate of drug-likeness (QED) is 0.121. The van der Waals surface area contributed by atoms with Crippen molar-refractivity contribution in [3.63, 3.8) is 0 Å². The molecule has 0 aliphatic heterocycles. The summed E-state index contributed by atoms with van der Waals surface area (Å²) in [5, 5.41) is 2.46. The van der Waals surface area contributed by atoms with E-state index in [0.29, 0.717) is 0 Å². The van der Waals surface area contributed by atoms with E-state index in [1.165, 1.54) is 44.2 Å². The first kappa shape index (κ1) is 42.5. The molecule has 0 fully saturated rings. The molecule has 0 spiro atoms. The van der Waals surface area contributed by atoms with Gasteiger partial charge < -0.3 is 19.6 Å². The zero-order valence-electron chi connectivity index (χ0n) is 39.4. The predicted octanol–water partition coefficient (Wildman–Crippen LogP) is 18.0. The maximum Gasteiger partial charge on any atom is 0.0805 e. The molecule has 1 unspecified atom stereocenters. The number of anilines is 10. The van der Waals surface area contributed by atoms with E-state index in [0.717, 1.165) is 69.0 Å². The van der Waals surface area contributed by atoms with E-state index in [-0.39, 0.29) is 6.04 Å². The van der Waals surface area contributed by atoms with Crippen molar-refractivity contribution < 1.29 is 0 Å². The predicted molar refractivity (Wildman–Crippen MR) is 295 cm³/mol. The van der Waals surface area contributed by atoms with Crippen LogP contribution in [0.2, 0.25) is 0 Å². The van der Waals surface area contributed by atoms with Crippen molar-refractivity contribution in [2.24, 2.45) is 0 Å². The molecule has 336 valence electrons. The highest BCUT2D eigenvalue weighted by molar-refractivity contribution is 6.14. The topological polar surface area (TPSA) is 13.0 Å². The number of hydrogen-bond donors (Lipinski definition) is 0. The molecule has 0 aromatic heterocycles. The van der Waals surface area contributed by atoms with E-state index in [1.54, 1.807) is 0 Å². The third-order valence-corrected chi connectivity index (χ3v) is 13.8. The Morgan fingerprint density at radius 2 is 0.757 bits per heavy atom. The first-order chi connectivity index (χ1) is 34.6. The molecule has 10 aromatic rings. The normalized spacial score (nSPS) is 13.5. The fourth-order valence-corrected chi connectivity index (χ4v) is 10.6. The lowest BCUT2D eigenvalue weighted by atomic mass is 9.76. The largest absolute Gasteiger partial charge is 0.330 e. The van der Waals surface area contributed by atoms with Crippen LogP contribution in [0.3, 0.4) is 0 Å². The van der Waals surface area contributed by atoms with Gasteiger partial charge in [-0.25, -0.2) is 0 Å². The number of para-hydroxylation sites is 6. The Morgan fingerprint density at radius 3 is 1.21 bits per heavy atom. The summed E-state index contributed by atoms with van der Waals surface area (Å²) in [6.07, 6.45) is 5.75. The van der Waals surface area contributed by atoms with Crippen LogP contribution in [0.1, 0.15) is 33.9 Å². The lowest BCUT2D eigenvalue weighted by Crippen LogP contribution is -2.30. The van der Waals surface area contributed by atoms with Gasteiger partial charge in [-0.15, -0.1) is 0 Å². The van der Waals surface area contributed by atoms with Crippen LogP contribution >= 0.6 is 0 Å². The maximum absolute atomic E-state index is 2.52. The minimum absolute atomic E-state index is 0.201. The molecular weight excluding hydrogens is 849 g/mol. The fourth-order valence-electron chi connectivity index (χ4n) is 10.6. The van der Waals surface area contributed by atoms with Crippen LogP contribution in [0, 0.1) is 13.8 Å². The zero-order chi connectivity index (χ0) is 47.0. The third-order valence-electron chi connectivity index (χ3n) is 13.8. The zero-order valence-corrected chi connectivity index (χ0v) is 39.4. The number of aryl methyl sites for hydroxylation is 2. The highest BCUT2D eigenvalue weighted by atomic mass is 15.2. The fraction of sp³-hybridized carbons (Fsp3) is 0.0606. The number of allylic oxidation sites excluding steroid dienone is 2. The highest BCUT2D eigenvalue weighted by Gasteiger charge is 2.38. The van der Waals surface area contributed by atoms with Gasteiger partial charge in [0.05, 0.1) is 23.1 Å². The summed E-state index contributed by atoms with van der Waals surface area (Å²) < 4.78 is 0. The van der Waals surface area contributed by atoms with Crippen molar-refractivity contribution in [3.8, 4) is 0 Å². The monoisotopic (exact) mass is 900 g/mol. The van der Waals surface area contributed by atoms with Gasteiger partial charge in [0.15, 0.2) is 0 Å². The minimum atomic E-state index is -0.201. The highest BCUT2D eigenvalue weighted by Crippen LogP contribution is 2.56. The Hall–Kier alpha value is -8.86. The van der Waals surface area contributed by atoms with Crippen molar-refractivity contribution in [2.45, 2.75) is 26.3 Å². The van der Waals surface area contributed by atoms with Gasteiger partial charge in [0.25, 0.3) is 0 Å². The van der Waals surface area contributed by atoms with E-state index in [1.807, 2.05) is 0 Å². The molecular formula is C66H52N4. The number of nitrogens with zero attached hydrogens (tertiary/aromatic N) is 4. The van der Waals surface area contributed by atoms with Gasteiger partial charge in [0.2, 0.25) is 0 Å². The molecule has 2 aliphatic carbocycles. The van der Waals surface area contributed by atoms with E-state index in [9.17, 15) is 0 Å². The van der Waals surface area contributed by atoms with Crippen LogP contribution in [-0.4, -0.2) is 0 Å². The number of benzene rings is 10. The molecule has 0 N–H and O–H groups in total. The second-order valence-corrected chi connectivity index (χ2v) is 18.2. The minimum Gasteiger partial charge on any atom is -0.330 e. The molecule has 4 nitrogen and oxygen atoms in total. The summed E-state index contributed by atoms with van der Waals surface area (Å²) in [4.78, 5) is 9.93. The van der Waals surface area contributed by atoms with Crippen LogP contribution in [0.15, 0.2) is 267 Å². The molecule has 10 aromatic carbocycles. The molecule has 0 heterocycles. The lowest BCUT2D eigenvalue weighted by Gasteiger charge is -2.42. The standard InChI is InChI=1S/C66H52N4/c1-47-33-37-55(38-34-47)69(53-29-17-7-18-30-53)63-45-61(67(49-21-9-3-10-22-49)50-23-11-4-12-24-50)57-42-44-60-64(70(54-31-19-8-20-32-54)56-39-35-48(2)36-40-56)46-62(58-41-43-59(63)65(57)66(58)60)68(51-25-13-5-14-26-51)52-27-15-6-16-28-52/h3-41,43-46,62H,42H2,1-2H3. The Kier molecular flexibility index (Phi) is 11.1. The van der Waals surface area contributed by atoms with Gasteiger partial charge in [-0.2, -0.15) is 0 Å². The molecule has 70 heavy (non-hydrogen) atoms. The lowest BCUT2D eigenvalue weighted by molar-refractivity contribution is 0.831. The molecule has 2 aliphatic rings. The van der Waals surface area contributed by atoms with Gasteiger partial charge in [-0.05, 0) is 152 Å². The first-order valence-corrected chi connectivity index (χ1v) is 24.3. The molecule has 0 bridgehead atoms. The number of hydrogen-bond acceptors (Lipinski definition) is 4. The summed E-state index contributed by atoms with van der Waals surface area (Å²) in [5.41, 5.74) is 19.7. The summed E-state index contributed by atoms with van der Waals surface area (Å²) in [5.74, 6) is 0. The molecule has 0 amide bonds. The van der Waals surface area contributed by atoms with Crippen LogP contribution in [0.5, 0.6) is 0 Å². The molecule has 0 radical (unpaired) electrons. The Bertz CT molecular complexity index is 3420. The second-order valence-electron chi connectivity index (χ2n) is 18.2. The summed E-state index contributed by atoms with van der Waals surface area (Å²) >= 11 is 0. The Morgan fingerprint density at radius 1 is 0.371 bits per heavy atom. The molecule has 0 saturated heterocycles. The van der Waals surface area contributed by atoms with Gasteiger partial charge in [0, 0.05) is 56.5 Å².